The second-order valence-electron chi connectivity index (χ2n) is 4.07. The molecule has 0 radical (unpaired) electrons. The maximum absolute atomic E-state index is 11.6. The van der Waals surface area contributed by atoms with Crippen molar-refractivity contribution in [1.29, 1.82) is 0 Å². The molecule has 1 rings (SSSR count). The van der Waals surface area contributed by atoms with Gasteiger partial charge in [0.05, 0.1) is 6.20 Å². The predicted molar refractivity (Wildman–Crippen MR) is 64.4 cm³/mol. The molecule has 1 aromatic heterocycles. The van der Waals surface area contributed by atoms with E-state index in [2.05, 4.69) is 44.7 Å². The predicted octanol–water partition coefficient (Wildman–Crippen LogP) is 2.08. The van der Waals surface area contributed by atoms with Crippen LogP contribution in [0.1, 0.15) is 29.9 Å². The number of hydrogen-bond acceptors (Lipinski definition) is 4. The first kappa shape index (κ1) is 12.6. The fraction of sp³-hybridized carbons (Fsp3) is 0.667. The van der Waals surface area contributed by atoms with Crippen LogP contribution in [0.15, 0.2) is 6.20 Å². The van der Waals surface area contributed by atoms with E-state index in [9.17, 15) is 4.79 Å². The van der Waals surface area contributed by atoms with Crippen molar-refractivity contribution >= 4 is 33.4 Å². The zero-order valence-corrected chi connectivity index (χ0v) is 11.2. The van der Waals surface area contributed by atoms with Gasteiger partial charge in [-0.3, -0.25) is 4.79 Å². The van der Waals surface area contributed by atoms with Crippen molar-refractivity contribution in [3.63, 3.8) is 0 Å². The fourth-order valence-electron chi connectivity index (χ4n) is 1.02. The molecule has 15 heavy (non-hydrogen) atoms. The first-order valence-corrected chi connectivity index (χ1v) is 6.56. The number of nitrogens with zero attached hydrogens (tertiary/aromatic N) is 2. The Balaban J connectivity index is 2.40. The number of rotatable bonds is 5. The second kappa shape index (κ2) is 5.55. The smallest absolute Gasteiger partial charge is 0.264 e. The summed E-state index contributed by atoms with van der Waals surface area (Å²) in [7, 11) is 0. The lowest BCUT2D eigenvalue weighted by molar-refractivity contribution is 0.0940. The summed E-state index contributed by atoms with van der Waals surface area (Å²) in [4.78, 5) is 12.1. The van der Waals surface area contributed by atoms with Crippen LogP contribution in [-0.4, -0.2) is 27.4 Å². The molecule has 0 aromatic carbocycles. The van der Waals surface area contributed by atoms with Gasteiger partial charge in [-0.05, 0) is 23.4 Å². The number of alkyl halides is 1. The summed E-state index contributed by atoms with van der Waals surface area (Å²) in [6.07, 6.45) is 2.51. The molecular formula is C9H14BrN3OS. The van der Waals surface area contributed by atoms with Crippen LogP contribution in [0.2, 0.25) is 0 Å². The first-order valence-electron chi connectivity index (χ1n) is 4.67. The number of amides is 1. The molecule has 0 atom stereocenters. The van der Waals surface area contributed by atoms with Gasteiger partial charge in [0.25, 0.3) is 5.91 Å². The van der Waals surface area contributed by atoms with Crippen molar-refractivity contribution in [3.05, 3.63) is 11.1 Å². The normalized spacial score (nSPS) is 11.4. The molecule has 0 saturated heterocycles. The van der Waals surface area contributed by atoms with Gasteiger partial charge in [0.2, 0.25) is 0 Å². The Hall–Kier alpha value is -0.490. The van der Waals surface area contributed by atoms with Crippen molar-refractivity contribution < 1.29 is 4.79 Å². The van der Waals surface area contributed by atoms with E-state index in [1.54, 1.807) is 0 Å². The van der Waals surface area contributed by atoms with Crippen molar-refractivity contribution in [2.45, 2.75) is 20.3 Å². The Kier molecular flexibility index (Phi) is 4.66. The van der Waals surface area contributed by atoms with Gasteiger partial charge in [-0.1, -0.05) is 34.3 Å². The van der Waals surface area contributed by atoms with Crippen LogP contribution >= 0.6 is 27.5 Å². The highest BCUT2D eigenvalue weighted by Crippen LogP contribution is 2.20. The third-order valence-electron chi connectivity index (χ3n) is 2.08. The number of aromatic nitrogens is 2. The molecule has 4 nitrogen and oxygen atoms in total. The lowest BCUT2D eigenvalue weighted by atomic mass is 9.90. The fourth-order valence-corrected chi connectivity index (χ4v) is 2.52. The van der Waals surface area contributed by atoms with Gasteiger partial charge in [0.15, 0.2) is 0 Å². The maximum Gasteiger partial charge on any atom is 0.264 e. The quantitative estimate of drug-likeness (QED) is 0.845. The molecule has 1 heterocycles. The molecular weight excluding hydrogens is 278 g/mol. The van der Waals surface area contributed by atoms with E-state index < -0.39 is 0 Å². The molecule has 0 bridgehead atoms. The minimum atomic E-state index is -0.0901. The van der Waals surface area contributed by atoms with E-state index >= 15 is 0 Å². The molecule has 0 aliphatic rings. The highest BCUT2D eigenvalue weighted by molar-refractivity contribution is 9.09. The van der Waals surface area contributed by atoms with Crippen LogP contribution in [0.3, 0.4) is 0 Å². The Bertz CT molecular complexity index is 313. The lowest BCUT2D eigenvalue weighted by Crippen LogP contribution is -2.33. The molecule has 1 N–H and O–H groups in total. The lowest BCUT2D eigenvalue weighted by Gasteiger charge is -2.23. The maximum atomic E-state index is 11.6. The molecule has 0 aliphatic carbocycles. The zero-order valence-electron chi connectivity index (χ0n) is 8.79. The van der Waals surface area contributed by atoms with Gasteiger partial charge in [-0.2, -0.15) is 0 Å². The van der Waals surface area contributed by atoms with Crippen molar-refractivity contribution in [2.75, 3.05) is 11.9 Å². The Morgan fingerprint density at radius 3 is 2.93 bits per heavy atom. The Morgan fingerprint density at radius 2 is 2.40 bits per heavy atom. The molecule has 6 heteroatoms. The molecule has 0 spiro atoms. The summed E-state index contributed by atoms with van der Waals surface area (Å²) in [6, 6.07) is 0. The van der Waals surface area contributed by atoms with Gasteiger partial charge in [0.1, 0.15) is 4.88 Å². The molecule has 0 fully saturated rings. The number of nitrogens with one attached hydrogen (secondary N) is 1. The number of carbonyl (C=O) groups is 1. The van der Waals surface area contributed by atoms with Gasteiger partial charge < -0.3 is 5.32 Å². The summed E-state index contributed by atoms with van der Waals surface area (Å²) in [5.74, 6) is -0.0901. The summed E-state index contributed by atoms with van der Waals surface area (Å²) < 4.78 is 3.65. The molecule has 1 aromatic rings. The number of hydrogen-bond donors (Lipinski definition) is 1. The largest absolute Gasteiger partial charge is 0.351 e. The van der Waals surface area contributed by atoms with E-state index in [0.717, 1.165) is 23.3 Å². The van der Waals surface area contributed by atoms with Crippen LogP contribution in [0.25, 0.3) is 0 Å². The van der Waals surface area contributed by atoms with E-state index in [4.69, 9.17) is 0 Å². The summed E-state index contributed by atoms with van der Waals surface area (Å²) >= 11 is 4.51. The van der Waals surface area contributed by atoms with Gasteiger partial charge in [-0.15, -0.1) is 5.10 Å². The SMILES string of the molecule is CC(C)(CCBr)CNC(=O)c1cnns1. The van der Waals surface area contributed by atoms with Crippen LogP contribution in [0.4, 0.5) is 0 Å². The molecule has 1 amide bonds. The van der Waals surface area contributed by atoms with E-state index in [1.165, 1.54) is 6.20 Å². The van der Waals surface area contributed by atoms with E-state index in [0.29, 0.717) is 11.4 Å². The Morgan fingerprint density at radius 1 is 1.67 bits per heavy atom. The van der Waals surface area contributed by atoms with Crippen molar-refractivity contribution in [3.8, 4) is 0 Å². The van der Waals surface area contributed by atoms with Crippen LogP contribution in [0, 0.1) is 5.41 Å². The minimum Gasteiger partial charge on any atom is -0.351 e. The summed E-state index contributed by atoms with van der Waals surface area (Å²) in [5.41, 5.74) is 0.108. The molecule has 84 valence electrons. The minimum absolute atomic E-state index is 0.0901. The third kappa shape index (κ3) is 4.25. The number of carbonyl (C=O) groups excluding carboxylic acids is 1. The second-order valence-corrected chi connectivity index (χ2v) is 5.65. The standard InChI is InChI=1S/C9H14BrN3OS/c1-9(2,3-4-10)6-11-8(14)7-5-12-13-15-7/h5H,3-4,6H2,1-2H3,(H,11,14). The number of halogens is 1. The first-order chi connectivity index (χ1) is 7.05. The summed E-state index contributed by atoms with van der Waals surface area (Å²) in [5, 5.41) is 7.45. The van der Waals surface area contributed by atoms with E-state index in [-0.39, 0.29) is 11.3 Å². The van der Waals surface area contributed by atoms with Crippen LogP contribution in [0.5, 0.6) is 0 Å². The van der Waals surface area contributed by atoms with Crippen molar-refractivity contribution in [2.24, 2.45) is 5.41 Å². The molecule has 0 unspecified atom stereocenters. The van der Waals surface area contributed by atoms with E-state index in [1.807, 2.05) is 0 Å². The molecule has 0 aliphatic heterocycles. The van der Waals surface area contributed by atoms with Crippen LogP contribution < -0.4 is 5.32 Å². The van der Waals surface area contributed by atoms with Gasteiger partial charge in [-0.25, -0.2) is 0 Å². The van der Waals surface area contributed by atoms with Crippen LogP contribution in [-0.2, 0) is 0 Å². The molecule has 0 saturated carbocycles. The Labute approximate surface area is 102 Å². The highest BCUT2D eigenvalue weighted by Gasteiger charge is 2.18. The zero-order chi connectivity index (χ0) is 11.3. The average Bonchev–Trinajstić information content (AvgIpc) is 2.67. The monoisotopic (exact) mass is 291 g/mol. The topological polar surface area (TPSA) is 54.9 Å². The van der Waals surface area contributed by atoms with Crippen molar-refractivity contribution in [1.82, 2.24) is 14.9 Å². The third-order valence-corrected chi connectivity index (χ3v) is 3.14. The van der Waals surface area contributed by atoms with Gasteiger partial charge in [0, 0.05) is 11.9 Å². The summed E-state index contributed by atoms with van der Waals surface area (Å²) in [6.45, 7) is 4.91. The highest BCUT2D eigenvalue weighted by atomic mass is 79.9. The average molecular weight is 292 g/mol. The van der Waals surface area contributed by atoms with Gasteiger partial charge >= 0.3 is 0 Å².